The second kappa shape index (κ2) is 6.39. The molecule has 0 spiro atoms. The fourth-order valence-corrected chi connectivity index (χ4v) is 2.48. The van der Waals surface area contributed by atoms with E-state index in [1.807, 2.05) is 34.9 Å². The highest BCUT2D eigenvalue weighted by atomic mass is 16.2. The number of amides is 1. The fraction of sp³-hybridized carbons (Fsp3) is 0.312. The Morgan fingerprint density at radius 3 is 2.45 bits per heavy atom. The maximum atomic E-state index is 11.8. The third kappa shape index (κ3) is 3.08. The molecular formula is C16H21N3O. The lowest BCUT2D eigenvalue weighted by Crippen LogP contribution is -2.32. The number of carbonyl (C=O) groups excluding carboxylic acids is 1. The van der Waals surface area contributed by atoms with Crippen LogP contribution >= 0.6 is 0 Å². The zero-order chi connectivity index (χ0) is 14.5. The van der Waals surface area contributed by atoms with E-state index in [0.717, 1.165) is 18.5 Å². The van der Waals surface area contributed by atoms with Crippen LogP contribution in [0.5, 0.6) is 0 Å². The second-order valence-corrected chi connectivity index (χ2v) is 5.13. The van der Waals surface area contributed by atoms with Gasteiger partial charge in [-0.05, 0) is 44.4 Å². The van der Waals surface area contributed by atoms with Crippen molar-refractivity contribution in [2.75, 3.05) is 0 Å². The smallest absolute Gasteiger partial charge is 0.281 e. The molecule has 0 aliphatic carbocycles. The van der Waals surface area contributed by atoms with E-state index >= 15 is 0 Å². The first-order valence-electron chi connectivity index (χ1n) is 6.88. The van der Waals surface area contributed by atoms with Crippen molar-refractivity contribution < 1.29 is 4.79 Å². The van der Waals surface area contributed by atoms with Crippen LogP contribution in [0, 0.1) is 0 Å². The molecule has 2 aromatic rings. The summed E-state index contributed by atoms with van der Waals surface area (Å²) < 4.78 is 2.05. The number of benzene rings is 1. The number of carbonyl (C=O) groups is 1. The molecule has 0 fully saturated rings. The Hall–Kier alpha value is -2.07. The van der Waals surface area contributed by atoms with Crippen molar-refractivity contribution in [3.8, 4) is 0 Å². The summed E-state index contributed by atoms with van der Waals surface area (Å²) in [5.41, 5.74) is 5.28. The molecule has 0 radical (unpaired) electrons. The molecule has 2 rings (SSSR count). The van der Waals surface area contributed by atoms with Gasteiger partial charge in [-0.3, -0.25) is 10.2 Å². The van der Waals surface area contributed by atoms with Crippen LogP contribution < -0.4 is 11.3 Å². The quantitative estimate of drug-likeness (QED) is 0.498. The van der Waals surface area contributed by atoms with Gasteiger partial charge >= 0.3 is 0 Å². The molecule has 0 atom stereocenters. The maximum absolute atomic E-state index is 11.8. The maximum Gasteiger partial charge on any atom is 0.281 e. The van der Waals surface area contributed by atoms with Gasteiger partial charge in [0, 0.05) is 11.7 Å². The molecule has 0 aliphatic rings. The highest BCUT2D eigenvalue weighted by Crippen LogP contribution is 2.18. The molecule has 1 aromatic heterocycles. The average molecular weight is 271 g/mol. The SMILES string of the molecule is CC(C)n1c(CCc2ccccc2)ccc1C(=O)NN. The topological polar surface area (TPSA) is 60.0 Å². The minimum Gasteiger partial charge on any atom is -0.338 e. The number of rotatable bonds is 5. The predicted molar refractivity (Wildman–Crippen MR) is 80.3 cm³/mol. The van der Waals surface area contributed by atoms with Gasteiger partial charge in [0.1, 0.15) is 5.69 Å². The van der Waals surface area contributed by atoms with Crippen molar-refractivity contribution in [1.82, 2.24) is 9.99 Å². The Kier molecular flexibility index (Phi) is 4.58. The lowest BCUT2D eigenvalue weighted by Gasteiger charge is -2.16. The fourth-order valence-electron chi connectivity index (χ4n) is 2.48. The van der Waals surface area contributed by atoms with E-state index in [2.05, 4.69) is 31.4 Å². The molecule has 0 aliphatic heterocycles. The van der Waals surface area contributed by atoms with E-state index in [0.29, 0.717) is 5.69 Å². The molecule has 1 aromatic carbocycles. The first-order chi connectivity index (χ1) is 9.63. The average Bonchev–Trinajstić information content (AvgIpc) is 2.89. The largest absolute Gasteiger partial charge is 0.338 e. The van der Waals surface area contributed by atoms with E-state index < -0.39 is 0 Å². The van der Waals surface area contributed by atoms with Crippen molar-refractivity contribution >= 4 is 5.91 Å². The molecule has 0 bridgehead atoms. The molecule has 3 N–H and O–H groups in total. The monoisotopic (exact) mass is 271 g/mol. The molecule has 0 saturated carbocycles. The molecule has 106 valence electrons. The highest BCUT2D eigenvalue weighted by molar-refractivity contribution is 5.92. The molecule has 20 heavy (non-hydrogen) atoms. The number of hydrogen-bond acceptors (Lipinski definition) is 2. The molecule has 1 amide bonds. The minimum atomic E-state index is -0.246. The van der Waals surface area contributed by atoms with Crippen LogP contribution in [0.1, 0.15) is 41.6 Å². The predicted octanol–water partition coefficient (Wildman–Crippen LogP) is 2.46. The van der Waals surface area contributed by atoms with E-state index in [9.17, 15) is 4.79 Å². The van der Waals surface area contributed by atoms with E-state index in [4.69, 9.17) is 5.84 Å². The Morgan fingerprint density at radius 2 is 1.85 bits per heavy atom. The van der Waals surface area contributed by atoms with Crippen molar-refractivity contribution in [2.24, 2.45) is 5.84 Å². The van der Waals surface area contributed by atoms with Crippen LogP contribution in [0.15, 0.2) is 42.5 Å². The van der Waals surface area contributed by atoms with Gasteiger partial charge in [-0.2, -0.15) is 0 Å². The summed E-state index contributed by atoms with van der Waals surface area (Å²) in [5.74, 6) is 4.99. The number of nitrogens with one attached hydrogen (secondary N) is 1. The van der Waals surface area contributed by atoms with E-state index in [1.54, 1.807) is 0 Å². The van der Waals surface area contributed by atoms with Crippen LogP contribution in [0.2, 0.25) is 0 Å². The summed E-state index contributed by atoms with van der Waals surface area (Å²) >= 11 is 0. The van der Waals surface area contributed by atoms with Crippen molar-refractivity contribution in [3.05, 3.63) is 59.4 Å². The normalized spacial score (nSPS) is 10.8. The Morgan fingerprint density at radius 1 is 1.15 bits per heavy atom. The summed E-state index contributed by atoms with van der Waals surface area (Å²) in [6.07, 6.45) is 1.86. The van der Waals surface area contributed by atoms with Crippen molar-refractivity contribution in [3.63, 3.8) is 0 Å². The van der Waals surface area contributed by atoms with E-state index in [1.165, 1.54) is 5.56 Å². The Balaban J connectivity index is 2.19. The Bertz CT molecular complexity index is 573. The minimum absolute atomic E-state index is 0.225. The summed E-state index contributed by atoms with van der Waals surface area (Å²) in [4.78, 5) is 11.8. The third-order valence-corrected chi connectivity index (χ3v) is 3.40. The van der Waals surface area contributed by atoms with Gasteiger partial charge < -0.3 is 4.57 Å². The van der Waals surface area contributed by atoms with Gasteiger partial charge in [-0.15, -0.1) is 0 Å². The van der Waals surface area contributed by atoms with Gasteiger partial charge in [-0.1, -0.05) is 30.3 Å². The van der Waals surface area contributed by atoms with Crippen LogP contribution in [0.3, 0.4) is 0 Å². The van der Waals surface area contributed by atoms with Gasteiger partial charge in [0.25, 0.3) is 5.91 Å². The molecule has 0 saturated heterocycles. The number of aromatic nitrogens is 1. The lowest BCUT2D eigenvalue weighted by atomic mass is 10.1. The highest BCUT2D eigenvalue weighted by Gasteiger charge is 2.16. The zero-order valence-corrected chi connectivity index (χ0v) is 12.0. The van der Waals surface area contributed by atoms with Crippen molar-refractivity contribution in [1.29, 1.82) is 0 Å². The number of nitrogen functional groups attached to an aromatic ring is 1. The first kappa shape index (κ1) is 14.3. The van der Waals surface area contributed by atoms with Crippen LogP contribution in [0.4, 0.5) is 0 Å². The van der Waals surface area contributed by atoms with Gasteiger partial charge in [0.15, 0.2) is 0 Å². The zero-order valence-electron chi connectivity index (χ0n) is 12.0. The van der Waals surface area contributed by atoms with Crippen LogP contribution in [0.25, 0.3) is 0 Å². The number of nitrogens with two attached hydrogens (primary N) is 1. The lowest BCUT2D eigenvalue weighted by molar-refractivity contribution is 0.0942. The summed E-state index contributed by atoms with van der Waals surface area (Å²) in [5, 5.41) is 0. The van der Waals surface area contributed by atoms with Gasteiger partial charge in [0.2, 0.25) is 0 Å². The van der Waals surface area contributed by atoms with Crippen molar-refractivity contribution in [2.45, 2.75) is 32.7 Å². The number of hydrazine groups is 1. The number of hydrogen-bond donors (Lipinski definition) is 2. The molecule has 4 heteroatoms. The Labute approximate surface area is 119 Å². The van der Waals surface area contributed by atoms with Crippen LogP contribution in [-0.4, -0.2) is 10.5 Å². The van der Waals surface area contributed by atoms with Crippen LogP contribution in [-0.2, 0) is 12.8 Å². The number of nitrogens with zero attached hydrogens (tertiary/aromatic N) is 1. The standard InChI is InChI=1S/C16H21N3O/c1-12(2)19-14(10-11-15(19)16(20)18-17)9-8-13-6-4-3-5-7-13/h3-7,10-12H,8-9,17H2,1-2H3,(H,18,20). The molecule has 4 nitrogen and oxygen atoms in total. The van der Waals surface area contributed by atoms with Gasteiger partial charge in [-0.25, -0.2) is 5.84 Å². The second-order valence-electron chi connectivity index (χ2n) is 5.13. The molecule has 1 heterocycles. The summed E-state index contributed by atoms with van der Waals surface area (Å²) in [6.45, 7) is 4.14. The summed E-state index contributed by atoms with van der Waals surface area (Å²) in [6, 6.07) is 14.4. The first-order valence-corrected chi connectivity index (χ1v) is 6.88. The molecule has 0 unspecified atom stereocenters. The number of aryl methyl sites for hydroxylation is 2. The summed E-state index contributed by atoms with van der Waals surface area (Å²) in [7, 11) is 0. The van der Waals surface area contributed by atoms with Gasteiger partial charge in [0.05, 0.1) is 0 Å². The third-order valence-electron chi connectivity index (χ3n) is 3.40. The molecular weight excluding hydrogens is 250 g/mol. The van der Waals surface area contributed by atoms with E-state index in [-0.39, 0.29) is 11.9 Å².